The molecular formula is C15H23N3O2. The fourth-order valence-corrected chi connectivity index (χ4v) is 1.93. The number of anilines is 2. The molecule has 5 heteroatoms. The van der Waals surface area contributed by atoms with Crippen molar-refractivity contribution in [3.63, 3.8) is 0 Å². The number of hydrogen-bond donors (Lipinski definition) is 3. The number of rotatable bonds is 5. The van der Waals surface area contributed by atoms with Crippen molar-refractivity contribution in [1.82, 2.24) is 0 Å². The molecule has 0 aliphatic heterocycles. The Bertz CT molecular complexity index is 510. The van der Waals surface area contributed by atoms with Gasteiger partial charge >= 0.3 is 0 Å². The van der Waals surface area contributed by atoms with E-state index in [-0.39, 0.29) is 11.8 Å². The zero-order valence-corrected chi connectivity index (χ0v) is 12.5. The third kappa shape index (κ3) is 4.35. The third-order valence-electron chi connectivity index (χ3n) is 3.09. The quantitative estimate of drug-likeness (QED) is 0.772. The topological polar surface area (TPSA) is 84.2 Å². The number of carbonyl (C=O) groups excluding carboxylic acids is 2. The number of benzene rings is 1. The van der Waals surface area contributed by atoms with Gasteiger partial charge in [-0.2, -0.15) is 0 Å². The van der Waals surface area contributed by atoms with Gasteiger partial charge in [-0.1, -0.05) is 19.4 Å². The van der Waals surface area contributed by atoms with E-state index >= 15 is 0 Å². The predicted octanol–water partition coefficient (Wildman–Crippen LogP) is 2.41. The highest BCUT2D eigenvalue weighted by Gasteiger charge is 2.27. The average Bonchev–Trinajstić information content (AvgIpc) is 2.32. The number of carbonyl (C=O) groups is 2. The Morgan fingerprint density at radius 2 is 1.95 bits per heavy atom. The van der Waals surface area contributed by atoms with Crippen LogP contribution < -0.4 is 16.4 Å². The monoisotopic (exact) mass is 277 g/mol. The van der Waals surface area contributed by atoms with Crippen LogP contribution in [0.3, 0.4) is 0 Å². The Morgan fingerprint density at radius 3 is 2.50 bits per heavy atom. The van der Waals surface area contributed by atoms with Crippen LogP contribution in [0.1, 0.15) is 39.2 Å². The lowest BCUT2D eigenvalue weighted by molar-refractivity contribution is -0.120. The molecule has 20 heavy (non-hydrogen) atoms. The van der Waals surface area contributed by atoms with Gasteiger partial charge < -0.3 is 16.4 Å². The first-order valence-corrected chi connectivity index (χ1v) is 6.75. The lowest BCUT2D eigenvalue weighted by Crippen LogP contribution is -2.48. The fraction of sp³-hybridized carbons (Fsp3) is 0.467. The highest BCUT2D eigenvalue weighted by atomic mass is 16.2. The smallest absolute Gasteiger partial charge is 0.244 e. The maximum Gasteiger partial charge on any atom is 0.244 e. The minimum atomic E-state index is -0.895. The summed E-state index contributed by atoms with van der Waals surface area (Å²) in [6, 6.07) is 5.37. The van der Waals surface area contributed by atoms with Crippen molar-refractivity contribution in [2.75, 3.05) is 10.6 Å². The molecule has 0 saturated carbocycles. The maximum absolute atomic E-state index is 12.1. The molecule has 110 valence electrons. The summed E-state index contributed by atoms with van der Waals surface area (Å²) in [5.41, 5.74) is 7.33. The number of nitrogens with two attached hydrogens (primary N) is 1. The van der Waals surface area contributed by atoms with Crippen LogP contribution in [-0.4, -0.2) is 17.4 Å². The molecule has 0 saturated heterocycles. The normalized spacial score (nSPS) is 13.4. The minimum Gasteiger partial charge on any atom is -0.326 e. The van der Waals surface area contributed by atoms with Crippen LogP contribution in [-0.2, 0) is 9.59 Å². The Hall–Kier alpha value is -1.88. The Labute approximate surface area is 119 Å². The molecule has 0 aromatic heterocycles. The molecule has 1 aromatic rings. The third-order valence-corrected chi connectivity index (χ3v) is 3.09. The summed E-state index contributed by atoms with van der Waals surface area (Å²) < 4.78 is 0. The molecule has 0 bridgehead atoms. The zero-order chi connectivity index (χ0) is 15.3. The molecule has 5 nitrogen and oxygen atoms in total. The molecule has 2 amide bonds. The van der Waals surface area contributed by atoms with Gasteiger partial charge in [0.2, 0.25) is 11.8 Å². The van der Waals surface area contributed by atoms with E-state index in [1.807, 2.05) is 19.9 Å². The van der Waals surface area contributed by atoms with E-state index in [0.29, 0.717) is 17.8 Å². The molecule has 0 fully saturated rings. The number of nitrogens with one attached hydrogen (secondary N) is 2. The summed E-state index contributed by atoms with van der Waals surface area (Å²) in [5.74, 6) is -0.372. The number of hydrogen-bond acceptors (Lipinski definition) is 3. The van der Waals surface area contributed by atoms with Crippen molar-refractivity contribution in [3.05, 3.63) is 23.8 Å². The van der Waals surface area contributed by atoms with Gasteiger partial charge in [-0.05, 0) is 38.0 Å². The molecule has 1 atom stereocenters. The summed E-state index contributed by atoms with van der Waals surface area (Å²) in [4.78, 5) is 23.2. The molecule has 0 aliphatic rings. The molecule has 4 N–H and O–H groups in total. The standard InChI is InChI=1S/C15H23N3O2/c1-5-8-15(4,16)14(20)18-12-7-6-10(2)13(9-12)17-11(3)19/h6-7,9H,5,8,16H2,1-4H3,(H,17,19)(H,18,20). The zero-order valence-electron chi connectivity index (χ0n) is 12.5. The highest BCUT2D eigenvalue weighted by molar-refractivity contribution is 5.98. The first-order chi connectivity index (χ1) is 9.26. The van der Waals surface area contributed by atoms with Gasteiger partial charge in [0.1, 0.15) is 0 Å². The van der Waals surface area contributed by atoms with Crippen molar-refractivity contribution in [2.45, 2.75) is 46.1 Å². The molecular weight excluding hydrogens is 254 g/mol. The first kappa shape index (κ1) is 16.2. The number of amides is 2. The van der Waals surface area contributed by atoms with Crippen LogP contribution in [0.5, 0.6) is 0 Å². The van der Waals surface area contributed by atoms with Gasteiger partial charge in [-0.25, -0.2) is 0 Å². The predicted molar refractivity (Wildman–Crippen MR) is 81.6 cm³/mol. The van der Waals surface area contributed by atoms with Crippen LogP contribution in [0.25, 0.3) is 0 Å². The molecule has 0 radical (unpaired) electrons. The van der Waals surface area contributed by atoms with Crippen LogP contribution in [0.2, 0.25) is 0 Å². The van der Waals surface area contributed by atoms with Crippen LogP contribution in [0.15, 0.2) is 18.2 Å². The second-order valence-corrected chi connectivity index (χ2v) is 5.33. The van der Waals surface area contributed by atoms with Gasteiger partial charge in [0.15, 0.2) is 0 Å². The fourth-order valence-electron chi connectivity index (χ4n) is 1.93. The van der Waals surface area contributed by atoms with Crippen molar-refractivity contribution in [2.24, 2.45) is 5.73 Å². The highest BCUT2D eigenvalue weighted by Crippen LogP contribution is 2.21. The largest absolute Gasteiger partial charge is 0.326 e. The van der Waals surface area contributed by atoms with Gasteiger partial charge in [0, 0.05) is 18.3 Å². The summed E-state index contributed by atoms with van der Waals surface area (Å²) in [7, 11) is 0. The van der Waals surface area contributed by atoms with E-state index in [1.165, 1.54) is 6.92 Å². The second kappa shape index (κ2) is 6.52. The molecule has 1 unspecified atom stereocenters. The molecule has 0 aliphatic carbocycles. The summed E-state index contributed by atoms with van der Waals surface area (Å²) in [6.45, 7) is 7.04. The Balaban J connectivity index is 2.88. The Morgan fingerprint density at radius 1 is 1.30 bits per heavy atom. The molecule has 1 rings (SSSR count). The van der Waals surface area contributed by atoms with Crippen molar-refractivity contribution >= 4 is 23.2 Å². The molecule has 1 aromatic carbocycles. The first-order valence-electron chi connectivity index (χ1n) is 6.75. The maximum atomic E-state index is 12.1. The SMILES string of the molecule is CCCC(C)(N)C(=O)Nc1ccc(C)c(NC(C)=O)c1. The molecule has 0 spiro atoms. The summed E-state index contributed by atoms with van der Waals surface area (Å²) in [5, 5.41) is 5.52. The van der Waals surface area contributed by atoms with Crippen molar-refractivity contribution < 1.29 is 9.59 Å². The van der Waals surface area contributed by atoms with E-state index in [0.717, 1.165) is 12.0 Å². The van der Waals surface area contributed by atoms with E-state index < -0.39 is 5.54 Å². The van der Waals surface area contributed by atoms with Gasteiger partial charge in [-0.3, -0.25) is 9.59 Å². The van der Waals surface area contributed by atoms with E-state index in [4.69, 9.17) is 5.73 Å². The van der Waals surface area contributed by atoms with Crippen molar-refractivity contribution in [3.8, 4) is 0 Å². The molecule has 0 heterocycles. The van der Waals surface area contributed by atoms with Crippen LogP contribution in [0.4, 0.5) is 11.4 Å². The van der Waals surface area contributed by atoms with Gasteiger partial charge in [0.05, 0.1) is 5.54 Å². The van der Waals surface area contributed by atoms with Gasteiger partial charge in [-0.15, -0.1) is 0 Å². The Kier molecular flexibility index (Phi) is 5.27. The lowest BCUT2D eigenvalue weighted by atomic mass is 9.96. The minimum absolute atomic E-state index is 0.147. The van der Waals surface area contributed by atoms with E-state index in [9.17, 15) is 9.59 Å². The second-order valence-electron chi connectivity index (χ2n) is 5.33. The van der Waals surface area contributed by atoms with Crippen LogP contribution >= 0.6 is 0 Å². The van der Waals surface area contributed by atoms with Crippen molar-refractivity contribution in [1.29, 1.82) is 0 Å². The number of aryl methyl sites for hydroxylation is 1. The summed E-state index contributed by atoms with van der Waals surface area (Å²) >= 11 is 0. The van der Waals surface area contributed by atoms with E-state index in [2.05, 4.69) is 10.6 Å². The average molecular weight is 277 g/mol. The van der Waals surface area contributed by atoms with E-state index in [1.54, 1.807) is 19.1 Å². The van der Waals surface area contributed by atoms with Crippen LogP contribution in [0, 0.1) is 6.92 Å². The lowest BCUT2D eigenvalue weighted by Gasteiger charge is -2.23. The van der Waals surface area contributed by atoms with Gasteiger partial charge in [0.25, 0.3) is 0 Å². The summed E-state index contributed by atoms with van der Waals surface area (Å²) in [6.07, 6.45) is 1.45.